The van der Waals surface area contributed by atoms with Crippen molar-refractivity contribution in [2.75, 3.05) is 6.54 Å². The minimum absolute atomic E-state index is 0.244. The number of nitrogens with one attached hydrogen (secondary N) is 2. The van der Waals surface area contributed by atoms with Gasteiger partial charge in [0.1, 0.15) is 17.7 Å². The summed E-state index contributed by atoms with van der Waals surface area (Å²) in [6, 6.07) is 11.8. The van der Waals surface area contributed by atoms with Gasteiger partial charge in [-0.05, 0) is 29.8 Å². The second kappa shape index (κ2) is 8.67. The van der Waals surface area contributed by atoms with Crippen LogP contribution in [0.5, 0.6) is 0 Å². The lowest BCUT2D eigenvalue weighted by Gasteiger charge is -2.19. The van der Waals surface area contributed by atoms with Gasteiger partial charge in [0.25, 0.3) is 5.91 Å². The van der Waals surface area contributed by atoms with Crippen LogP contribution < -0.4 is 10.6 Å². The first-order valence-electron chi connectivity index (χ1n) is 8.50. The van der Waals surface area contributed by atoms with Crippen LogP contribution in [0.25, 0.3) is 0 Å². The first-order chi connectivity index (χ1) is 13.5. The number of imidazole rings is 1. The number of halogens is 2. The van der Waals surface area contributed by atoms with Gasteiger partial charge in [-0.25, -0.2) is 9.37 Å². The summed E-state index contributed by atoms with van der Waals surface area (Å²) in [5.74, 6) is -0.660. The van der Waals surface area contributed by atoms with E-state index in [1.807, 2.05) is 0 Å². The highest BCUT2D eigenvalue weighted by molar-refractivity contribution is 6.33. The van der Waals surface area contributed by atoms with Gasteiger partial charge in [0, 0.05) is 19.4 Å². The number of benzene rings is 2. The molecule has 0 aliphatic heterocycles. The predicted octanol–water partition coefficient (Wildman–Crippen LogP) is 2.85. The molecular weight excluding hydrogens is 383 g/mol. The molecule has 0 bridgehead atoms. The van der Waals surface area contributed by atoms with Gasteiger partial charge in [0.2, 0.25) is 5.91 Å². The van der Waals surface area contributed by atoms with E-state index in [2.05, 4.69) is 15.6 Å². The minimum Gasteiger partial charge on any atom is -0.343 e. The van der Waals surface area contributed by atoms with Crippen molar-refractivity contribution >= 4 is 23.4 Å². The number of carbonyl (C=O) groups excluding carboxylic acids is 2. The van der Waals surface area contributed by atoms with Crippen LogP contribution >= 0.6 is 11.6 Å². The van der Waals surface area contributed by atoms with E-state index in [0.29, 0.717) is 16.4 Å². The number of aryl methyl sites for hydroxylation is 1. The maximum Gasteiger partial charge on any atom is 0.253 e. The molecule has 0 unspecified atom stereocenters. The average molecular weight is 401 g/mol. The third-order valence-electron chi connectivity index (χ3n) is 4.15. The molecule has 1 heterocycles. The standard InChI is InChI=1S/C20H18ClFN4O2/c1-26-11-10-23-19(26)18(13-6-8-14(22)9-7-13)25-17(27)12-24-20(28)15-4-2-3-5-16(15)21/h2-11,18H,12H2,1H3,(H,24,28)(H,25,27)/t18-/m0/s1. The Labute approximate surface area is 166 Å². The van der Waals surface area contributed by atoms with Gasteiger partial charge in [-0.3, -0.25) is 9.59 Å². The van der Waals surface area contributed by atoms with Gasteiger partial charge in [0.05, 0.1) is 17.1 Å². The van der Waals surface area contributed by atoms with Crippen molar-refractivity contribution in [2.45, 2.75) is 6.04 Å². The first-order valence-corrected chi connectivity index (χ1v) is 8.88. The Kier molecular flexibility index (Phi) is 6.06. The maximum atomic E-state index is 13.3. The fourth-order valence-corrected chi connectivity index (χ4v) is 2.94. The van der Waals surface area contributed by atoms with Crippen molar-refractivity contribution in [3.8, 4) is 0 Å². The molecule has 3 aromatic rings. The highest BCUT2D eigenvalue weighted by atomic mass is 35.5. The van der Waals surface area contributed by atoms with Crippen molar-refractivity contribution in [3.63, 3.8) is 0 Å². The number of nitrogens with zero attached hydrogens (tertiary/aromatic N) is 2. The third kappa shape index (κ3) is 4.55. The maximum absolute atomic E-state index is 13.3. The number of amides is 2. The second-order valence-electron chi connectivity index (χ2n) is 6.11. The van der Waals surface area contributed by atoms with Crippen LogP contribution in [0.2, 0.25) is 5.02 Å². The van der Waals surface area contributed by atoms with Crippen molar-refractivity contribution in [2.24, 2.45) is 7.05 Å². The summed E-state index contributed by atoms with van der Waals surface area (Å²) in [7, 11) is 1.80. The van der Waals surface area contributed by atoms with Crippen molar-refractivity contribution in [1.29, 1.82) is 0 Å². The number of hydrogen-bond acceptors (Lipinski definition) is 3. The molecule has 2 aromatic carbocycles. The van der Waals surface area contributed by atoms with Gasteiger partial charge >= 0.3 is 0 Å². The van der Waals surface area contributed by atoms with Crippen molar-refractivity contribution in [1.82, 2.24) is 20.2 Å². The van der Waals surface area contributed by atoms with E-state index in [1.165, 1.54) is 12.1 Å². The van der Waals surface area contributed by atoms with Crippen LogP contribution in [-0.4, -0.2) is 27.9 Å². The molecule has 0 saturated heterocycles. The monoisotopic (exact) mass is 400 g/mol. The summed E-state index contributed by atoms with van der Waals surface area (Å²) in [5.41, 5.74) is 0.956. The zero-order chi connectivity index (χ0) is 20.1. The Bertz CT molecular complexity index is 988. The molecule has 0 aliphatic rings. The number of carbonyl (C=O) groups is 2. The van der Waals surface area contributed by atoms with Crippen LogP contribution in [0.3, 0.4) is 0 Å². The second-order valence-corrected chi connectivity index (χ2v) is 6.52. The van der Waals surface area contributed by atoms with E-state index in [4.69, 9.17) is 11.6 Å². The van der Waals surface area contributed by atoms with E-state index in [0.717, 1.165) is 0 Å². The highest BCUT2D eigenvalue weighted by Crippen LogP contribution is 2.20. The molecule has 28 heavy (non-hydrogen) atoms. The third-order valence-corrected chi connectivity index (χ3v) is 4.48. The molecule has 0 saturated carbocycles. The molecule has 0 fully saturated rings. The Hall–Kier alpha value is -3.19. The molecule has 1 atom stereocenters. The van der Waals surface area contributed by atoms with Crippen LogP contribution in [0.1, 0.15) is 27.8 Å². The topological polar surface area (TPSA) is 76.0 Å². The summed E-state index contributed by atoms with van der Waals surface area (Å²) in [6.07, 6.45) is 3.36. The summed E-state index contributed by atoms with van der Waals surface area (Å²) in [4.78, 5) is 28.9. The summed E-state index contributed by atoms with van der Waals surface area (Å²) in [5, 5.41) is 5.67. The van der Waals surface area contributed by atoms with E-state index >= 15 is 0 Å². The summed E-state index contributed by atoms with van der Waals surface area (Å²) >= 11 is 5.99. The zero-order valence-electron chi connectivity index (χ0n) is 15.0. The van der Waals surface area contributed by atoms with Crippen LogP contribution in [-0.2, 0) is 11.8 Å². The Balaban J connectivity index is 1.71. The van der Waals surface area contributed by atoms with Gasteiger partial charge < -0.3 is 15.2 Å². The zero-order valence-corrected chi connectivity index (χ0v) is 15.8. The average Bonchev–Trinajstić information content (AvgIpc) is 3.11. The lowest BCUT2D eigenvalue weighted by molar-refractivity contribution is -0.120. The molecule has 6 nitrogen and oxygen atoms in total. The van der Waals surface area contributed by atoms with Gasteiger partial charge in [-0.2, -0.15) is 0 Å². The molecule has 144 valence electrons. The van der Waals surface area contributed by atoms with Crippen LogP contribution in [0, 0.1) is 5.82 Å². The highest BCUT2D eigenvalue weighted by Gasteiger charge is 2.21. The van der Waals surface area contributed by atoms with Crippen molar-refractivity contribution < 1.29 is 14.0 Å². The number of aromatic nitrogens is 2. The molecule has 0 radical (unpaired) electrons. The molecule has 3 rings (SSSR count). The molecule has 2 amide bonds. The van der Waals surface area contributed by atoms with E-state index in [9.17, 15) is 14.0 Å². The molecule has 1 aromatic heterocycles. The number of rotatable bonds is 6. The molecule has 0 aliphatic carbocycles. The van der Waals surface area contributed by atoms with Crippen LogP contribution in [0.4, 0.5) is 4.39 Å². The minimum atomic E-state index is -0.592. The molecule has 2 N–H and O–H groups in total. The van der Waals surface area contributed by atoms with E-state index in [-0.39, 0.29) is 17.9 Å². The van der Waals surface area contributed by atoms with Crippen LogP contribution in [0.15, 0.2) is 60.9 Å². The fourth-order valence-electron chi connectivity index (χ4n) is 2.72. The first kappa shape index (κ1) is 19.6. The summed E-state index contributed by atoms with van der Waals surface area (Å²) < 4.78 is 15.0. The lowest BCUT2D eigenvalue weighted by atomic mass is 10.1. The Morgan fingerprint density at radius 2 is 1.89 bits per heavy atom. The fraction of sp³-hybridized carbons (Fsp3) is 0.150. The van der Waals surface area contributed by atoms with E-state index < -0.39 is 17.9 Å². The number of hydrogen-bond donors (Lipinski definition) is 2. The molecule has 8 heteroatoms. The Morgan fingerprint density at radius 1 is 1.18 bits per heavy atom. The van der Waals surface area contributed by atoms with Gasteiger partial charge in [-0.1, -0.05) is 35.9 Å². The largest absolute Gasteiger partial charge is 0.343 e. The molecular formula is C20H18ClFN4O2. The van der Waals surface area contributed by atoms with Crippen molar-refractivity contribution in [3.05, 3.63) is 88.7 Å². The Morgan fingerprint density at radius 3 is 2.54 bits per heavy atom. The molecule has 0 spiro atoms. The van der Waals surface area contributed by atoms with Gasteiger partial charge in [0.15, 0.2) is 0 Å². The normalized spacial score (nSPS) is 11.7. The predicted molar refractivity (Wildman–Crippen MR) is 103 cm³/mol. The van der Waals surface area contributed by atoms with E-state index in [1.54, 1.807) is 60.4 Å². The summed E-state index contributed by atoms with van der Waals surface area (Å²) in [6.45, 7) is -0.244. The van der Waals surface area contributed by atoms with Gasteiger partial charge in [-0.15, -0.1) is 0 Å². The smallest absolute Gasteiger partial charge is 0.253 e. The lowest BCUT2D eigenvalue weighted by Crippen LogP contribution is -2.39. The quantitative estimate of drug-likeness (QED) is 0.668. The SMILES string of the molecule is Cn1ccnc1[C@@H](NC(=O)CNC(=O)c1ccccc1Cl)c1ccc(F)cc1.